The van der Waals surface area contributed by atoms with E-state index >= 15 is 0 Å². The zero-order valence-corrected chi connectivity index (χ0v) is 12.7. The molecule has 0 amide bonds. The second-order valence-electron chi connectivity index (χ2n) is 5.77. The number of hydrogen-bond acceptors (Lipinski definition) is 3. The van der Waals surface area contributed by atoms with Gasteiger partial charge in [-0.3, -0.25) is 0 Å². The van der Waals surface area contributed by atoms with E-state index in [0.717, 1.165) is 11.1 Å². The molecule has 1 aromatic rings. The van der Waals surface area contributed by atoms with E-state index in [4.69, 9.17) is 4.74 Å². The summed E-state index contributed by atoms with van der Waals surface area (Å²) in [4.78, 5) is 12.0. The van der Waals surface area contributed by atoms with Gasteiger partial charge in [0.15, 0.2) is 0 Å². The number of rotatable bonds is 4. The van der Waals surface area contributed by atoms with Gasteiger partial charge in [0, 0.05) is 0 Å². The van der Waals surface area contributed by atoms with Crippen molar-refractivity contribution < 1.29 is 14.6 Å². The normalized spacial score (nSPS) is 11.4. The second kappa shape index (κ2) is 6.09. The van der Waals surface area contributed by atoms with E-state index in [1.807, 2.05) is 41.5 Å². The summed E-state index contributed by atoms with van der Waals surface area (Å²) in [6.45, 7) is 11.6. The Morgan fingerprint density at radius 2 is 1.42 bits per heavy atom. The van der Waals surface area contributed by atoms with Crippen LogP contribution >= 0.6 is 0 Å². The number of esters is 1. The van der Waals surface area contributed by atoms with Crippen molar-refractivity contribution in [1.82, 2.24) is 0 Å². The molecule has 0 atom stereocenters. The first-order valence-corrected chi connectivity index (χ1v) is 6.81. The number of carbonyl (C=O) groups is 1. The van der Waals surface area contributed by atoms with Crippen molar-refractivity contribution in [2.45, 2.75) is 59.5 Å². The standard InChI is InChI=1S/C16H24O3/c1-9(2)13-7-12(16(18)19-11(5)6)8-14(10(3)4)15(13)17/h7-11,17H,1-6H3. The Balaban J connectivity index is 3.30. The number of hydrogen-bond donors (Lipinski definition) is 1. The highest BCUT2D eigenvalue weighted by Crippen LogP contribution is 2.34. The highest BCUT2D eigenvalue weighted by molar-refractivity contribution is 5.90. The fourth-order valence-electron chi connectivity index (χ4n) is 1.96. The molecule has 1 aromatic carbocycles. The molecule has 0 bridgehead atoms. The molecule has 0 spiro atoms. The van der Waals surface area contributed by atoms with E-state index < -0.39 is 0 Å². The van der Waals surface area contributed by atoms with E-state index in [1.165, 1.54) is 0 Å². The van der Waals surface area contributed by atoms with Gasteiger partial charge in [-0.05, 0) is 48.9 Å². The van der Waals surface area contributed by atoms with Gasteiger partial charge in [-0.15, -0.1) is 0 Å². The monoisotopic (exact) mass is 264 g/mol. The summed E-state index contributed by atoms with van der Waals surface area (Å²) >= 11 is 0. The molecular weight excluding hydrogens is 240 g/mol. The summed E-state index contributed by atoms with van der Waals surface area (Å²) in [7, 11) is 0. The zero-order valence-electron chi connectivity index (χ0n) is 12.7. The van der Waals surface area contributed by atoms with Crippen molar-refractivity contribution in [3.05, 3.63) is 28.8 Å². The first-order chi connectivity index (χ1) is 8.73. The lowest BCUT2D eigenvalue weighted by atomic mass is 9.91. The van der Waals surface area contributed by atoms with Gasteiger partial charge in [-0.25, -0.2) is 4.79 Å². The van der Waals surface area contributed by atoms with Crippen molar-refractivity contribution >= 4 is 5.97 Å². The molecule has 0 aliphatic carbocycles. The van der Waals surface area contributed by atoms with E-state index in [-0.39, 0.29) is 23.9 Å². The maximum Gasteiger partial charge on any atom is 0.338 e. The smallest absolute Gasteiger partial charge is 0.338 e. The van der Waals surface area contributed by atoms with Gasteiger partial charge in [0.25, 0.3) is 0 Å². The Kier molecular flexibility index (Phi) is 4.98. The Bertz CT molecular complexity index is 430. The maximum atomic E-state index is 12.0. The van der Waals surface area contributed by atoms with E-state index in [0.29, 0.717) is 11.3 Å². The minimum absolute atomic E-state index is 0.147. The van der Waals surface area contributed by atoms with Crippen LogP contribution in [0.3, 0.4) is 0 Å². The quantitative estimate of drug-likeness (QED) is 0.829. The molecule has 0 unspecified atom stereocenters. The van der Waals surface area contributed by atoms with Gasteiger partial charge in [0.2, 0.25) is 0 Å². The molecule has 0 radical (unpaired) electrons. The number of phenols is 1. The molecule has 0 aliphatic heterocycles. The highest BCUT2D eigenvalue weighted by Gasteiger charge is 2.19. The van der Waals surface area contributed by atoms with Crippen LogP contribution < -0.4 is 0 Å². The summed E-state index contributed by atoms with van der Waals surface area (Å²) in [5.41, 5.74) is 2.10. The Morgan fingerprint density at radius 3 is 1.74 bits per heavy atom. The Labute approximate surface area is 115 Å². The van der Waals surface area contributed by atoms with E-state index in [9.17, 15) is 9.90 Å². The third-order valence-corrected chi connectivity index (χ3v) is 2.99. The predicted octanol–water partition coefficient (Wildman–Crippen LogP) is 4.20. The average molecular weight is 264 g/mol. The molecule has 0 aromatic heterocycles. The molecule has 0 saturated heterocycles. The molecular formula is C16H24O3. The van der Waals surface area contributed by atoms with Crippen molar-refractivity contribution in [3.8, 4) is 5.75 Å². The Hall–Kier alpha value is -1.51. The number of phenolic OH excluding ortho intramolecular Hbond substituents is 1. The van der Waals surface area contributed by atoms with Crippen LogP contribution in [-0.4, -0.2) is 17.2 Å². The van der Waals surface area contributed by atoms with Gasteiger partial charge in [0.1, 0.15) is 5.75 Å². The van der Waals surface area contributed by atoms with Crippen LogP contribution in [0.1, 0.15) is 74.9 Å². The molecule has 0 heterocycles. The molecule has 0 aliphatic rings. The molecule has 3 nitrogen and oxygen atoms in total. The first kappa shape index (κ1) is 15.5. The topological polar surface area (TPSA) is 46.5 Å². The molecule has 106 valence electrons. The first-order valence-electron chi connectivity index (χ1n) is 6.81. The van der Waals surface area contributed by atoms with Crippen LogP contribution in [0.15, 0.2) is 12.1 Å². The van der Waals surface area contributed by atoms with Gasteiger partial charge in [-0.1, -0.05) is 27.7 Å². The summed E-state index contributed by atoms with van der Waals surface area (Å²) in [5.74, 6) is 0.276. The maximum absolute atomic E-state index is 12.0. The van der Waals surface area contributed by atoms with Gasteiger partial charge < -0.3 is 9.84 Å². The largest absolute Gasteiger partial charge is 0.507 e. The minimum atomic E-state index is -0.334. The van der Waals surface area contributed by atoms with Crippen molar-refractivity contribution in [3.63, 3.8) is 0 Å². The highest BCUT2D eigenvalue weighted by atomic mass is 16.5. The molecule has 1 rings (SSSR count). The van der Waals surface area contributed by atoms with Gasteiger partial charge in [-0.2, -0.15) is 0 Å². The zero-order chi connectivity index (χ0) is 14.7. The van der Waals surface area contributed by atoms with E-state index in [2.05, 4.69) is 0 Å². The SMILES string of the molecule is CC(C)OC(=O)c1cc(C(C)C)c(O)c(C(C)C)c1. The summed E-state index contributed by atoms with van der Waals surface area (Å²) in [6, 6.07) is 3.47. The summed E-state index contributed by atoms with van der Waals surface area (Å²) < 4.78 is 5.23. The lowest BCUT2D eigenvalue weighted by Gasteiger charge is -2.17. The fourth-order valence-corrected chi connectivity index (χ4v) is 1.96. The predicted molar refractivity (Wildman–Crippen MR) is 76.8 cm³/mol. The number of ether oxygens (including phenoxy) is 1. The Morgan fingerprint density at radius 1 is 1.00 bits per heavy atom. The number of benzene rings is 1. The average Bonchev–Trinajstić information content (AvgIpc) is 2.27. The second-order valence-corrected chi connectivity index (χ2v) is 5.77. The third kappa shape index (κ3) is 3.72. The minimum Gasteiger partial charge on any atom is -0.507 e. The van der Waals surface area contributed by atoms with Gasteiger partial charge >= 0.3 is 5.97 Å². The number of carbonyl (C=O) groups excluding carboxylic acids is 1. The number of aromatic hydroxyl groups is 1. The lowest BCUT2D eigenvalue weighted by molar-refractivity contribution is 0.0377. The molecule has 0 saturated carbocycles. The van der Waals surface area contributed by atoms with Crippen LogP contribution in [0.25, 0.3) is 0 Å². The van der Waals surface area contributed by atoms with Crippen LogP contribution in [0.5, 0.6) is 5.75 Å². The van der Waals surface area contributed by atoms with Crippen molar-refractivity contribution in [2.24, 2.45) is 0 Å². The van der Waals surface area contributed by atoms with Crippen LogP contribution in [0, 0.1) is 0 Å². The van der Waals surface area contributed by atoms with Gasteiger partial charge in [0.05, 0.1) is 11.7 Å². The molecule has 19 heavy (non-hydrogen) atoms. The molecule has 0 fully saturated rings. The molecule has 3 heteroatoms. The van der Waals surface area contributed by atoms with E-state index in [1.54, 1.807) is 12.1 Å². The summed E-state index contributed by atoms with van der Waals surface area (Å²) in [5, 5.41) is 10.3. The van der Waals surface area contributed by atoms with Crippen LogP contribution in [0.4, 0.5) is 0 Å². The fraction of sp³-hybridized carbons (Fsp3) is 0.562. The van der Waals surface area contributed by atoms with Crippen LogP contribution in [0.2, 0.25) is 0 Å². The molecule has 1 N–H and O–H groups in total. The van der Waals surface area contributed by atoms with Crippen LogP contribution in [-0.2, 0) is 4.74 Å². The lowest BCUT2D eigenvalue weighted by Crippen LogP contribution is -2.13. The van der Waals surface area contributed by atoms with Crippen molar-refractivity contribution in [1.29, 1.82) is 0 Å². The third-order valence-electron chi connectivity index (χ3n) is 2.99. The van der Waals surface area contributed by atoms with Crippen molar-refractivity contribution in [2.75, 3.05) is 0 Å². The summed E-state index contributed by atoms with van der Waals surface area (Å²) in [6.07, 6.45) is -0.147.